The summed E-state index contributed by atoms with van der Waals surface area (Å²) < 4.78 is 0. The molecule has 0 atom stereocenters. The highest BCUT2D eigenvalue weighted by Crippen LogP contribution is 2.25. The second-order valence-corrected chi connectivity index (χ2v) is 4.82. The molecule has 98 valence electrons. The van der Waals surface area contributed by atoms with Gasteiger partial charge in [-0.1, -0.05) is 48.5 Å². The summed E-state index contributed by atoms with van der Waals surface area (Å²) in [6, 6.07) is 24.3. The molecule has 0 unspecified atom stereocenters. The fraction of sp³-hybridized carbons (Fsp3) is 0. The van der Waals surface area contributed by atoms with Gasteiger partial charge in [-0.3, -0.25) is 0 Å². The molecular weight excluding hydrogens is 244 g/mol. The van der Waals surface area contributed by atoms with Crippen LogP contribution >= 0.6 is 0 Å². The van der Waals surface area contributed by atoms with Gasteiger partial charge in [0.1, 0.15) is 0 Å². The monoisotopic (exact) mass is 260 g/mol. The average Bonchev–Trinajstić information content (AvgIpc) is 2.49. The van der Waals surface area contributed by atoms with Crippen molar-refractivity contribution >= 4 is 11.4 Å². The Morgan fingerprint density at radius 1 is 0.350 bits per heavy atom. The number of nitrogens with two attached hydrogens (primary N) is 2. The molecular formula is C18H16N2. The highest BCUT2D eigenvalue weighted by molar-refractivity contribution is 5.71. The van der Waals surface area contributed by atoms with Crippen LogP contribution in [0.4, 0.5) is 11.4 Å². The molecule has 0 radical (unpaired) electrons. The average molecular weight is 260 g/mol. The minimum absolute atomic E-state index is 0.784. The van der Waals surface area contributed by atoms with E-state index in [4.69, 9.17) is 11.5 Å². The van der Waals surface area contributed by atoms with Gasteiger partial charge in [0.15, 0.2) is 0 Å². The molecule has 0 bridgehead atoms. The fourth-order valence-corrected chi connectivity index (χ4v) is 2.21. The molecule has 0 aromatic heterocycles. The van der Waals surface area contributed by atoms with E-state index in [0.717, 1.165) is 11.4 Å². The van der Waals surface area contributed by atoms with Gasteiger partial charge < -0.3 is 11.5 Å². The van der Waals surface area contributed by atoms with Crippen LogP contribution in [0.5, 0.6) is 0 Å². The molecule has 0 saturated heterocycles. The maximum Gasteiger partial charge on any atom is 0.0314 e. The first-order valence-corrected chi connectivity index (χ1v) is 6.54. The number of rotatable bonds is 2. The molecule has 0 heterocycles. The van der Waals surface area contributed by atoms with Crippen molar-refractivity contribution in [2.45, 2.75) is 0 Å². The lowest BCUT2D eigenvalue weighted by molar-refractivity contribution is 1.58. The Bertz CT molecular complexity index is 631. The summed E-state index contributed by atoms with van der Waals surface area (Å²) >= 11 is 0. The Hall–Kier alpha value is -2.74. The summed E-state index contributed by atoms with van der Waals surface area (Å²) in [4.78, 5) is 0. The molecule has 3 aromatic carbocycles. The predicted octanol–water partition coefficient (Wildman–Crippen LogP) is 4.19. The lowest BCUT2D eigenvalue weighted by atomic mass is 10.00. The van der Waals surface area contributed by atoms with E-state index in [1.54, 1.807) is 0 Å². The Balaban J connectivity index is 1.91. The van der Waals surface area contributed by atoms with Gasteiger partial charge in [0.25, 0.3) is 0 Å². The van der Waals surface area contributed by atoms with E-state index in [1.807, 2.05) is 48.5 Å². The van der Waals surface area contributed by atoms with Crippen LogP contribution in [0.15, 0.2) is 72.8 Å². The molecule has 4 N–H and O–H groups in total. The van der Waals surface area contributed by atoms with Crippen LogP contribution in [-0.4, -0.2) is 0 Å². The van der Waals surface area contributed by atoms with Crippen LogP contribution in [0, 0.1) is 0 Å². The zero-order valence-electron chi connectivity index (χ0n) is 11.1. The number of nitrogen functional groups attached to an aromatic ring is 2. The van der Waals surface area contributed by atoms with E-state index in [2.05, 4.69) is 24.3 Å². The van der Waals surface area contributed by atoms with Crippen molar-refractivity contribution < 1.29 is 0 Å². The van der Waals surface area contributed by atoms with Crippen molar-refractivity contribution in [3.63, 3.8) is 0 Å². The third-order valence-electron chi connectivity index (χ3n) is 3.37. The van der Waals surface area contributed by atoms with E-state index in [9.17, 15) is 0 Å². The van der Waals surface area contributed by atoms with E-state index >= 15 is 0 Å². The molecule has 0 fully saturated rings. The minimum Gasteiger partial charge on any atom is -0.399 e. The van der Waals surface area contributed by atoms with Crippen molar-refractivity contribution in [1.82, 2.24) is 0 Å². The van der Waals surface area contributed by atoms with Gasteiger partial charge in [0, 0.05) is 11.4 Å². The second-order valence-electron chi connectivity index (χ2n) is 4.82. The smallest absolute Gasteiger partial charge is 0.0314 e. The molecule has 0 spiro atoms. The summed E-state index contributed by atoms with van der Waals surface area (Å²) in [6.07, 6.45) is 0. The summed E-state index contributed by atoms with van der Waals surface area (Å²) in [6.45, 7) is 0. The lowest BCUT2D eigenvalue weighted by Crippen LogP contribution is -1.85. The predicted molar refractivity (Wildman–Crippen MR) is 86.1 cm³/mol. The minimum atomic E-state index is 0.784. The van der Waals surface area contributed by atoms with Crippen LogP contribution < -0.4 is 11.5 Å². The molecule has 20 heavy (non-hydrogen) atoms. The van der Waals surface area contributed by atoms with E-state index in [1.165, 1.54) is 22.3 Å². The summed E-state index contributed by atoms with van der Waals surface area (Å²) in [7, 11) is 0. The largest absolute Gasteiger partial charge is 0.399 e. The van der Waals surface area contributed by atoms with E-state index in [0.29, 0.717) is 0 Å². The van der Waals surface area contributed by atoms with Gasteiger partial charge in [-0.05, 0) is 46.5 Å². The molecule has 0 aliphatic heterocycles. The highest BCUT2D eigenvalue weighted by Gasteiger charge is 2.00. The summed E-state index contributed by atoms with van der Waals surface area (Å²) in [5.41, 5.74) is 17.7. The van der Waals surface area contributed by atoms with Crippen LogP contribution in [0.3, 0.4) is 0 Å². The Morgan fingerprint density at radius 3 is 0.800 bits per heavy atom. The van der Waals surface area contributed by atoms with Gasteiger partial charge in [0.05, 0.1) is 0 Å². The molecule has 2 heteroatoms. The Morgan fingerprint density at radius 2 is 0.550 bits per heavy atom. The second kappa shape index (κ2) is 5.10. The number of anilines is 2. The number of hydrogen-bond acceptors (Lipinski definition) is 2. The first-order valence-electron chi connectivity index (χ1n) is 6.54. The van der Waals surface area contributed by atoms with Crippen LogP contribution in [0.1, 0.15) is 0 Å². The van der Waals surface area contributed by atoms with Gasteiger partial charge in [0.2, 0.25) is 0 Å². The summed E-state index contributed by atoms with van der Waals surface area (Å²) in [5, 5.41) is 0. The van der Waals surface area contributed by atoms with Crippen LogP contribution in [0.25, 0.3) is 22.3 Å². The van der Waals surface area contributed by atoms with Crippen LogP contribution in [0.2, 0.25) is 0 Å². The molecule has 3 rings (SSSR count). The summed E-state index contributed by atoms with van der Waals surface area (Å²) in [5.74, 6) is 0. The third kappa shape index (κ3) is 2.50. The lowest BCUT2D eigenvalue weighted by Gasteiger charge is -2.06. The quantitative estimate of drug-likeness (QED) is 0.679. The third-order valence-corrected chi connectivity index (χ3v) is 3.37. The van der Waals surface area contributed by atoms with Crippen molar-refractivity contribution in [3.8, 4) is 22.3 Å². The zero-order valence-corrected chi connectivity index (χ0v) is 11.1. The maximum atomic E-state index is 5.71. The van der Waals surface area contributed by atoms with Gasteiger partial charge in [-0.2, -0.15) is 0 Å². The first kappa shape index (κ1) is 12.3. The van der Waals surface area contributed by atoms with E-state index in [-0.39, 0.29) is 0 Å². The fourth-order valence-electron chi connectivity index (χ4n) is 2.21. The van der Waals surface area contributed by atoms with Crippen LogP contribution in [-0.2, 0) is 0 Å². The first-order chi connectivity index (χ1) is 9.72. The molecule has 3 aromatic rings. The van der Waals surface area contributed by atoms with Crippen molar-refractivity contribution in [2.24, 2.45) is 0 Å². The molecule has 0 aliphatic carbocycles. The number of benzene rings is 3. The van der Waals surface area contributed by atoms with E-state index < -0.39 is 0 Å². The molecule has 0 aliphatic rings. The standard InChI is InChI=1S/C18H16N2/c19-17-9-5-15(6-10-17)13-1-2-14(4-3-13)16-7-11-18(20)12-8-16/h1-12H,19-20H2. The van der Waals surface area contributed by atoms with Gasteiger partial charge in [-0.25, -0.2) is 0 Å². The topological polar surface area (TPSA) is 52.0 Å². The highest BCUT2D eigenvalue weighted by atomic mass is 14.5. The van der Waals surface area contributed by atoms with Gasteiger partial charge in [-0.15, -0.1) is 0 Å². The zero-order chi connectivity index (χ0) is 13.9. The van der Waals surface area contributed by atoms with Crippen molar-refractivity contribution in [1.29, 1.82) is 0 Å². The molecule has 0 saturated carbocycles. The Kier molecular flexibility index (Phi) is 3.13. The normalized spacial score (nSPS) is 10.4. The van der Waals surface area contributed by atoms with Gasteiger partial charge >= 0.3 is 0 Å². The van der Waals surface area contributed by atoms with Crippen molar-refractivity contribution in [3.05, 3.63) is 72.8 Å². The van der Waals surface area contributed by atoms with Crippen molar-refractivity contribution in [2.75, 3.05) is 11.5 Å². The SMILES string of the molecule is Nc1ccc(-c2ccc(-c3ccc(N)cc3)cc2)cc1. The number of hydrogen-bond donors (Lipinski definition) is 2. The maximum absolute atomic E-state index is 5.71. The molecule has 0 amide bonds. The molecule has 2 nitrogen and oxygen atoms in total. The Labute approximate surface area is 118 Å².